The number of carbonyl (C=O) groups excluding carboxylic acids is 2. The van der Waals surface area contributed by atoms with Gasteiger partial charge >= 0.3 is 0 Å². The number of para-hydroxylation sites is 1. The molecule has 0 saturated heterocycles. The minimum absolute atomic E-state index is 0.0531. The molecule has 1 aliphatic carbocycles. The minimum Gasteiger partial charge on any atom is -0.299 e. The normalized spacial score (nSPS) is 24.1. The molecular weight excluding hydrogens is 234 g/mol. The summed E-state index contributed by atoms with van der Waals surface area (Å²) in [7, 11) is 0. The molecule has 1 saturated carbocycles. The maximum Gasteiger partial charge on any atom is 0.273 e. The zero-order valence-electron chi connectivity index (χ0n) is 10.0. The van der Waals surface area contributed by atoms with Gasteiger partial charge in [-0.15, -0.1) is 0 Å². The molecule has 0 aliphatic heterocycles. The van der Waals surface area contributed by atoms with Gasteiger partial charge in [0.2, 0.25) is 0 Å². The van der Waals surface area contributed by atoms with Gasteiger partial charge in [-0.2, -0.15) is 0 Å². The highest BCUT2D eigenvalue weighted by Crippen LogP contribution is 2.39. The van der Waals surface area contributed by atoms with E-state index in [0.29, 0.717) is 18.4 Å². The van der Waals surface area contributed by atoms with Crippen molar-refractivity contribution in [2.45, 2.75) is 31.6 Å². The second-order valence-corrected chi connectivity index (χ2v) is 4.74. The summed E-state index contributed by atoms with van der Waals surface area (Å²) in [6.07, 6.45) is 0.520. The maximum atomic E-state index is 12.1. The predicted octanol–water partition coefficient (Wildman–Crippen LogP) is 2.17. The summed E-state index contributed by atoms with van der Waals surface area (Å²) < 4.78 is 0. The van der Waals surface area contributed by atoms with Crippen LogP contribution in [0.4, 0.5) is 5.69 Å². The zero-order chi connectivity index (χ0) is 13.3. The van der Waals surface area contributed by atoms with Crippen molar-refractivity contribution in [3.05, 3.63) is 39.9 Å². The van der Waals surface area contributed by atoms with E-state index in [2.05, 4.69) is 0 Å². The molecule has 0 spiro atoms. The van der Waals surface area contributed by atoms with Crippen LogP contribution >= 0.6 is 0 Å². The summed E-state index contributed by atoms with van der Waals surface area (Å²) in [5.41, 5.74) is -0.562. The summed E-state index contributed by atoms with van der Waals surface area (Å²) in [6.45, 7) is 1.68. The van der Waals surface area contributed by atoms with Crippen LogP contribution in [0.15, 0.2) is 24.3 Å². The Hall–Kier alpha value is -2.04. The Morgan fingerprint density at radius 2 is 1.94 bits per heavy atom. The first kappa shape index (κ1) is 12.4. The van der Waals surface area contributed by atoms with Gasteiger partial charge in [0.1, 0.15) is 5.78 Å². The van der Waals surface area contributed by atoms with E-state index in [1.165, 1.54) is 6.07 Å². The molecule has 18 heavy (non-hydrogen) atoms. The van der Waals surface area contributed by atoms with E-state index in [9.17, 15) is 19.7 Å². The number of rotatable bonds is 2. The monoisotopic (exact) mass is 247 g/mol. The molecule has 1 unspecified atom stereocenters. The van der Waals surface area contributed by atoms with Crippen LogP contribution in [0.1, 0.15) is 31.7 Å². The van der Waals surface area contributed by atoms with Crippen LogP contribution in [-0.4, -0.2) is 16.5 Å². The molecule has 0 bridgehead atoms. The van der Waals surface area contributed by atoms with Gasteiger partial charge < -0.3 is 0 Å². The highest BCUT2D eigenvalue weighted by atomic mass is 16.6. The molecule has 1 atom stereocenters. The van der Waals surface area contributed by atoms with Gasteiger partial charge in [-0.1, -0.05) is 18.2 Å². The fourth-order valence-electron chi connectivity index (χ4n) is 2.38. The topological polar surface area (TPSA) is 77.3 Å². The Bertz CT molecular complexity index is 538. The molecule has 94 valence electrons. The van der Waals surface area contributed by atoms with Gasteiger partial charge in [0.25, 0.3) is 5.69 Å². The molecule has 0 N–H and O–H groups in total. The smallest absolute Gasteiger partial charge is 0.273 e. The standard InChI is InChI=1S/C13H13NO4/c1-13(7-6-9(15)8-12(13)16)10-4-2-3-5-11(10)14(17)18/h2-5H,6-8H2,1H3. The van der Waals surface area contributed by atoms with Gasteiger partial charge in [0, 0.05) is 18.1 Å². The van der Waals surface area contributed by atoms with Crippen LogP contribution in [0.3, 0.4) is 0 Å². The number of Topliss-reactive ketones (excluding diaryl/α,β-unsaturated/α-hetero) is 2. The van der Waals surface area contributed by atoms with Crippen LogP contribution in [0.25, 0.3) is 0 Å². The number of nitro groups is 1. The Balaban J connectivity index is 2.51. The SMILES string of the molecule is CC1(c2ccccc2[N+](=O)[O-])CCC(=O)CC1=O. The maximum absolute atomic E-state index is 12.1. The van der Waals surface area contributed by atoms with Gasteiger partial charge in [0.15, 0.2) is 5.78 Å². The van der Waals surface area contributed by atoms with Crippen molar-refractivity contribution in [3.8, 4) is 0 Å². The molecule has 1 aromatic carbocycles. The number of nitro benzene ring substituents is 1. The van der Waals surface area contributed by atoms with Crippen LogP contribution in [-0.2, 0) is 15.0 Å². The Labute approximate surface area is 104 Å². The van der Waals surface area contributed by atoms with Gasteiger partial charge in [-0.3, -0.25) is 19.7 Å². The van der Waals surface area contributed by atoms with Crippen LogP contribution in [0.5, 0.6) is 0 Å². The second-order valence-electron chi connectivity index (χ2n) is 4.74. The van der Waals surface area contributed by atoms with Crippen LogP contribution in [0, 0.1) is 10.1 Å². The number of hydrogen-bond acceptors (Lipinski definition) is 4. The van der Waals surface area contributed by atoms with E-state index >= 15 is 0 Å². The molecule has 2 rings (SSSR count). The van der Waals surface area contributed by atoms with E-state index in [1.807, 2.05) is 0 Å². The third kappa shape index (κ3) is 1.92. The van der Waals surface area contributed by atoms with Crippen molar-refractivity contribution in [2.24, 2.45) is 0 Å². The first-order chi connectivity index (χ1) is 8.45. The van der Waals surface area contributed by atoms with E-state index in [-0.39, 0.29) is 23.7 Å². The van der Waals surface area contributed by atoms with Crippen molar-refractivity contribution in [1.82, 2.24) is 0 Å². The van der Waals surface area contributed by atoms with E-state index < -0.39 is 10.3 Å². The van der Waals surface area contributed by atoms with Gasteiger partial charge in [-0.05, 0) is 13.3 Å². The molecule has 1 fully saturated rings. The van der Waals surface area contributed by atoms with E-state index in [4.69, 9.17) is 0 Å². The second kappa shape index (κ2) is 4.33. The lowest BCUT2D eigenvalue weighted by Crippen LogP contribution is -2.39. The van der Waals surface area contributed by atoms with Crippen molar-refractivity contribution in [1.29, 1.82) is 0 Å². The quantitative estimate of drug-likeness (QED) is 0.456. The Morgan fingerprint density at radius 3 is 2.56 bits per heavy atom. The lowest BCUT2D eigenvalue weighted by molar-refractivity contribution is -0.386. The van der Waals surface area contributed by atoms with Crippen molar-refractivity contribution in [3.63, 3.8) is 0 Å². The number of nitrogens with zero attached hydrogens (tertiary/aromatic N) is 1. The number of hydrogen-bond donors (Lipinski definition) is 0. The summed E-state index contributed by atoms with van der Waals surface area (Å²) in [5, 5.41) is 11.0. The fraction of sp³-hybridized carbons (Fsp3) is 0.385. The lowest BCUT2D eigenvalue weighted by atomic mass is 9.69. The van der Waals surface area contributed by atoms with Crippen molar-refractivity contribution < 1.29 is 14.5 Å². The van der Waals surface area contributed by atoms with Crippen LogP contribution in [0.2, 0.25) is 0 Å². The number of carbonyl (C=O) groups is 2. The molecule has 5 heteroatoms. The lowest BCUT2D eigenvalue weighted by Gasteiger charge is -2.31. The first-order valence-corrected chi connectivity index (χ1v) is 5.74. The average molecular weight is 247 g/mol. The summed E-state index contributed by atoms with van der Waals surface area (Å²) in [4.78, 5) is 33.8. The minimum atomic E-state index is -0.919. The highest BCUT2D eigenvalue weighted by molar-refractivity contribution is 6.06. The Kier molecular flexibility index (Phi) is 2.98. The van der Waals surface area contributed by atoms with Gasteiger partial charge in [-0.25, -0.2) is 0 Å². The van der Waals surface area contributed by atoms with Crippen LogP contribution < -0.4 is 0 Å². The van der Waals surface area contributed by atoms with E-state index in [0.717, 1.165) is 0 Å². The number of benzene rings is 1. The predicted molar refractivity (Wildman–Crippen MR) is 64.3 cm³/mol. The molecule has 1 aliphatic rings. The summed E-state index contributed by atoms with van der Waals surface area (Å²) in [6, 6.07) is 6.25. The Morgan fingerprint density at radius 1 is 1.28 bits per heavy atom. The van der Waals surface area contributed by atoms with E-state index in [1.54, 1.807) is 25.1 Å². The first-order valence-electron chi connectivity index (χ1n) is 5.74. The zero-order valence-corrected chi connectivity index (χ0v) is 10.0. The molecule has 0 amide bonds. The molecule has 0 aromatic heterocycles. The van der Waals surface area contributed by atoms with Gasteiger partial charge in [0.05, 0.1) is 16.8 Å². The third-order valence-electron chi connectivity index (χ3n) is 3.57. The molecule has 0 radical (unpaired) electrons. The largest absolute Gasteiger partial charge is 0.299 e. The summed E-state index contributed by atoms with van der Waals surface area (Å²) in [5.74, 6) is -0.316. The average Bonchev–Trinajstić information content (AvgIpc) is 2.34. The van der Waals surface area contributed by atoms with Crippen molar-refractivity contribution in [2.75, 3.05) is 0 Å². The molecular formula is C13H13NO4. The highest BCUT2D eigenvalue weighted by Gasteiger charge is 2.43. The van der Waals surface area contributed by atoms with Crippen molar-refractivity contribution >= 4 is 17.3 Å². The summed E-state index contributed by atoms with van der Waals surface area (Å²) >= 11 is 0. The molecule has 1 aromatic rings. The number of ketones is 2. The molecule has 0 heterocycles. The fourth-order valence-corrected chi connectivity index (χ4v) is 2.38. The molecule has 5 nitrogen and oxygen atoms in total. The third-order valence-corrected chi connectivity index (χ3v) is 3.57.